The Labute approximate surface area is 123 Å². The van der Waals surface area contributed by atoms with Crippen molar-refractivity contribution in [1.82, 2.24) is 5.43 Å². The summed E-state index contributed by atoms with van der Waals surface area (Å²) in [7, 11) is 0. The van der Waals surface area contributed by atoms with Gasteiger partial charge < -0.3 is 14.6 Å². The maximum atomic E-state index is 12.1. The van der Waals surface area contributed by atoms with Gasteiger partial charge in [0.05, 0.1) is 6.42 Å². The fraction of sp³-hybridized carbons (Fsp3) is 0.769. The summed E-state index contributed by atoms with van der Waals surface area (Å²) in [6, 6.07) is 0. The third-order valence-corrected chi connectivity index (χ3v) is 2.19. The van der Waals surface area contributed by atoms with Crippen LogP contribution in [0.5, 0.6) is 0 Å². The predicted molar refractivity (Wildman–Crippen MR) is 74.0 cm³/mol. The number of esters is 2. The van der Waals surface area contributed by atoms with E-state index in [-0.39, 0.29) is 0 Å². The molecule has 0 amide bonds. The molecule has 0 aromatic heterocycles. The molecule has 0 aromatic carbocycles. The Kier molecular flexibility index (Phi) is 5.89. The Morgan fingerprint density at radius 1 is 1.00 bits per heavy atom. The third kappa shape index (κ3) is 6.09. The number of rotatable bonds is 5. The van der Waals surface area contributed by atoms with E-state index in [9.17, 15) is 19.5 Å². The molecule has 0 spiro atoms. The highest BCUT2D eigenvalue weighted by molar-refractivity contribution is 6.07. The molecule has 0 aliphatic carbocycles. The van der Waals surface area contributed by atoms with Gasteiger partial charge in [0.25, 0.3) is 0 Å². The summed E-state index contributed by atoms with van der Waals surface area (Å²) in [4.78, 5) is 35.3. The van der Waals surface area contributed by atoms with Crippen molar-refractivity contribution in [2.45, 2.75) is 64.7 Å². The monoisotopic (exact) mass is 304 g/mol. The number of hydrazine groups is 1. The lowest BCUT2D eigenvalue weighted by Gasteiger charge is -2.30. The standard InChI is InChI=1S/C13H24N2O6/c1-11(2,3)20-8(16)7-13(15-14,9(17)18)10(19)21-12(4,5)6/h15H,7,14H2,1-6H3,(H,17,18). The largest absolute Gasteiger partial charge is 0.479 e. The predicted octanol–water partition coefficient (Wildman–Crippen LogP) is 0.347. The molecule has 0 radical (unpaired) electrons. The second-order valence-electron chi connectivity index (χ2n) is 6.62. The molecule has 0 heterocycles. The number of carboxylic acids is 1. The smallest absolute Gasteiger partial charge is 0.340 e. The van der Waals surface area contributed by atoms with Crippen molar-refractivity contribution in [1.29, 1.82) is 0 Å². The van der Waals surface area contributed by atoms with Gasteiger partial charge in [-0.05, 0) is 41.5 Å². The topological polar surface area (TPSA) is 128 Å². The molecule has 0 aliphatic heterocycles. The van der Waals surface area contributed by atoms with Crippen LogP contribution in [0.15, 0.2) is 0 Å². The summed E-state index contributed by atoms with van der Waals surface area (Å²) in [5.74, 6) is 1.54. The van der Waals surface area contributed by atoms with Gasteiger partial charge in [0.2, 0.25) is 5.54 Å². The van der Waals surface area contributed by atoms with Crippen molar-refractivity contribution in [3.05, 3.63) is 0 Å². The van der Waals surface area contributed by atoms with Crippen molar-refractivity contribution in [3.8, 4) is 0 Å². The van der Waals surface area contributed by atoms with E-state index in [1.165, 1.54) is 0 Å². The lowest BCUT2D eigenvalue weighted by molar-refractivity contribution is -0.177. The minimum atomic E-state index is -2.39. The summed E-state index contributed by atoms with van der Waals surface area (Å²) in [5.41, 5.74) is -2.26. The fourth-order valence-corrected chi connectivity index (χ4v) is 1.37. The number of nitrogens with two attached hydrogens (primary N) is 1. The van der Waals surface area contributed by atoms with E-state index in [0.29, 0.717) is 0 Å². The molecular weight excluding hydrogens is 280 g/mol. The first-order valence-corrected chi connectivity index (χ1v) is 6.40. The number of hydrogen-bond donors (Lipinski definition) is 3. The SMILES string of the molecule is CC(C)(C)OC(=O)CC(NN)(C(=O)O)C(=O)OC(C)(C)C. The molecule has 0 aromatic rings. The van der Waals surface area contributed by atoms with E-state index in [0.717, 1.165) is 0 Å². The van der Waals surface area contributed by atoms with Crippen LogP contribution in [0, 0.1) is 0 Å². The summed E-state index contributed by atoms with van der Waals surface area (Å²) >= 11 is 0. The van der Waals surface area contributed by atoms with Gasteiger partial charge in [-0.25, -0.2) is 15.0 Å². The van der Waals surface area contributed by atoms with E-state index in [1.807, 2.05) is 5.43 Å². The van der Waals surface area contributed by atoms with Gasteiger partial charge in [0, 0.05) is 0 Å². The number of aliphatic carboxylic acids is 1. The number of carboxylic acid groups (broad SMARTS) is 1. The van der Waals surface area contributed by atoms with Gasteiger partial charge >= 0.3 is 17.9 Å². The van der Waals surface area contributed by atoms with Crippen LogP contribution in [-0.2, 0) is 23.9 Å². The van der Waals surface area contributed by atoms with E-state index < -0.39 is 41.1 Å². The molecule has 4 N–H and O–H groups in total. The first-order valence-electron chi connectivity index (χ1n) is 6.40. The molecule has 0 saturated heterocycles. The summed E-state index contributed by atoms with van der Waals surface area (Å²) in [6.07, 6.45) is -0.787. The zero-order valence-corrected chi connectivity index (χ0v) is 13.3. The van der Waals surface area contributed by atoms with Gasteiger partial charge in [-0.3, -0.25) is 10.6 Å². The third-order valence-electron chi connectivity index (χ3n) is 2.19. The van der Waals surface area contributed by atoms with Gasteiger partial charge in [-0.2, -0.15) is 0 Å². The molecule has 122 valence electrons. The Bertz CT molecular complexity index is 421. The molecule has 0 bridgehead atoms. The maximum absolute atomic E-state index is 12.1. The molecule has 0 aliphatic rings. The Hall–Kier alpha value is -1.67. The van der Waals surface area contributed by atoms with Crippen LogP contribution in [0.2, 0.25) is 0 Å². The second-order valence-corrected chi connectivity index (χ2v) is 6.62. The molecule has 0 fully saturated rings. The number of ether oxygens (including phenoxy) is 2. The first-order chi connectivity index (χ1) is 9.23. The van der Waals surface area contributed by atoms with Crippen molar-refractivity contribution in [3.63, 3.8) is 0 Å². The Balaban J connectivity index is 5.33. The van der Waals surface area contributed by atoms with Crippen LogP contribution < -0.4 is 11.3 Å². The van der Waals surface area contributed by atoms with E-state index in [1.54, 1.807) is 41.5 Å². The second kappa shape index (κ2) is 6.40. The zero-order chi connectivity index (χ0) is 17.1. The highest BCUT2D eigenvalue weighted by atomic mass is 16.6. The number of nitrogens with one attached hydrogen (secondary N) is 1. The van der Waals surface area contributed by atoms with Crippen LogP contribution in [0.25, 0.3) is 0 Å². The van der Waals surface area contributed by atoms with E-state index in [2.05, 4.69) is 0 Å². The number of carbonyl (C=O) groups excluding carboxylic acids is 2. The highest BCUT2D eigenvalue weighted by Crippen LogP contribution is 2.20. The molecule has 1 atom stereocenters. The molecule has 0 rings (SSSR count). The van der Waals surface area contributed by atoms with Gasteiger partial charge in [-0.1, -0.05) is 0 Å². The van der Waals surface area contributed by atoms with E-state index >= 15 is 0 Å². The number of carbonyl (C=O) groups is 3. The minimum Gasteiger partial charge on any atom is -0.479 e. The van der Waals surface area contributed by atoms with Crippen LogP contribution in [0.3, 0.4) is 0 Å². The summed E-state index contributed by atoms with van der Waals surface area (Å²) in [5, 5.41) is 9.29. The Morgan fingerprint density at radius 2 is 1.43 bits per heavy atom. The molecule has 0 saturated carbocycles. The van der Waals surface area contributed by atoms with Gasteiger partial charge in [0.15, 0.2) is 0 Å². The fourth-order valence-electron chi connectivity index (χ4n) is 1.37. The van der Waals surface area contributed by atoms with Crippen molar-refractivity contribution in [2.75, 3.05) is 0 Å². The minimum absolute atomic E-state index is 0.787. The lowest BCUT2D eigenvalue weighted by Crippen LogP contribution is -2.63. The van der Waals surface area contributed by atoms with Gasteiger partial charge in [0.1, 0.15) is 11.2 Å². The summed E-state index contributed by atoms with van der Waals surface area (Å²) in [6.45, 7) is 9.58. The normalized spacial score (nSPS) is 15.0. The van der Waals surface area contributed by atoms with Crippen molar-refractivity contribution in [2.24, 2.45) is 5.84 Å². The van der Waals surface area contributed by atoms with Gasteiger partial charge in [-0.15, -0.1) is 0 Å². The number of hydrogen-bond acceptors (Lipinski definition) is 7. The summed E-state index contributed by atoms with van der Waals surface area (Å²) < 4.78 is 10.0. The van der Waals surface area contributed by atoms with Crippen LogP contribution in [-0.4, -0.2) is 39.8 Å². The molecule has 1 unspecified atom stereocenters. The Morgan fingerprint density at radius 3 is 1.71 bits per heavy atom. The van der Waals surface area contributed by atoms with E-state index in [4.69, 9.17) is 15.3 Å². The van der Waals surface area contributed by atoms with Crippen LogP contribution >= 0.6 is 0 Å². The van der Waals surface area contributed by atoms with Crippen molar-refractivity contribution >= 4 is 17.9 Å². The molecule has 8 nitrogen and oxygen atoms in total. The lowest BCUT2D eigenvalue weighted by atomic mass is 9.95. The average molecular weight is 304 g/mol. The first kappa shape index (κ1) is 19.3. The molecule has 8 heteroatoms. The zero-order valence-electron chi connectivity index (χ0n) is 13.3. The highest BCUT2D eigenvalue weighted by Gasteiger charge is 2.51. The van der Waals surface area contributed by atoms with Crippen LogP contribution in [0.4, 0.5) is 0 Å². The van der Waals surface area contributed by atoms with Crippen LogP contribution in [0.1, 0.15) is 48.0 Å². The molecule has 21 heavy (non-hydrogen) atoms. The average Bonchev–Trinajstić information content (AvgIpc) is 2.20. The van der Waals surface area contributed by atoms with Crippen molar-refractivity contribution < 1.29 is 29.0 Å². The maximum Gasteiger partial charge on any atom is 0.340 e. The molecular formula is C13H24N2O6. The quantitative estimate of drug-likeness (QED) is 0.287.